The standard InChI is InChI=1S/C19H21N5O2/c25-19(16-4-2-1-3-5-16)20-12-18-22-21-17-6-8-23(9-10-24(17)18)13-15-7-11-26-14-15/h1-5,7,11,14H,6,8-10,12-13H2,(H,20,25). The number of amides is 1. The molecule has 134 valence electrons. The second-order valence-electron chi connectivity index (χ2n) is 6.39. The minimum Gasteiger partial charge on any atom is -0.472 e. The first-order valence-electron chi connectivity index (χ1n) is 8.77. The third kappa shape index (κ3) is 3.67. The molecular formula is C19H21N5O2. The molecule has 7 heteroatoms. The summed E-state index contributed by atoms with van der Waals surface area (Å²) in [6.07, 6.45) is 4.34. The summed E-state index contributed by atoms with van der Waals surface area (Å²) in [5, 5.41) is 11.5. The molecule has 0 unspecified atom stereocenters. The molecule has 0 saturated heterocycles. The Bertz CT molecular complexity index is 857. The van der Waals surface area contributed by atoms with Crippen molar-refractivity contribution in [2.45, 2.75) is 26.1 Å². The van der Waals surface area contributed by atoms with Crippen molar-refractivity contribution in [2.75, 3.05) is 13.1 Å². The Morgan fingerprint density at radius 2 is 2.00 bits per heavy atom. The number of fused-ring (bicyclic) bond motifs is 1. The molecule has 0 atom stereocenters. The fraction of sp³-hybridized carbons (Fsp3) is 0.316. The average molecular weight is 351 g/mol. The van der Waals surface area contributed by atoms with E-state index in [9.17, 15) is 4.79 Å². The van der Waals surface area contributed by atoms with Crippen LogP contribution in [0.1, 0.15) is 27.6 Å². The molecule has 1 amide bonds. The van der Waals surface area contributed by atoms with Gasteiger partial charge in [0.05, 0.1) is 19.1 Å². The van der Waals surface area contributed by atoms with Gasteiger partial charge >= 0.3 is 0 Å². The number of aromatic nitrogens is 3. The summed E-state index contributed by atoms with van der Waals surface area (Å²) < 4.78 is 7.28. The minimum atomic E-state index is -0.0989. The lowest BCUT2D eigenvalue weighted by Crippen LogP contribution is -2.27. The molecule has 3 heterocycles. The molecule has 0 spiro atoms. The van der Waals surface area contributed by atoms with Crippen molar-refractivity contribution in [3.8, 4) is 0 Å². The van der Waals surface area contributed by atoms with Crippen LogP contribution in [0.3, 0.4) is 0 Å². The van der Waals surface area contributed by atoms with Gasteiger partial charge in [-0.1, -0.05) is 18.2 Å². The lowest BCUT2D eigenvalue weighted by Gasteiger charge is -2.18. The van der Waals surface area contributed by atoms with E-state index < -0.39 is 0 Å². The lowest BCUT2D eigenvalue weighted by molar-refractivity contribution is 0.0949. The van der Waals surface area contributed by atoms with Gasteiger partial charge in [-0.3, -0.25) is 9.69 Å². The van der Waals surface area contributed by atoms with Crippen molar-refractivity contribution in [1.29, 1.82) is 0 Å². The molecule has 0 saturated carbocycles. The van der Waals surface area contributed by atoms with Crippen LogP contribution >= 0.6 is 0 Å². The van der Waals surface area contributed by atoms with Crippen molar-refractivity contribution in [3.63, 3.8) is 0 Å². The summed E-state index contributed by atoms with van der Waals surface area (Å²) >= 11 is 0. The quantitative estimate of drug-likeness (QED) is 0.759. The second kappa shape index (κ2) is 7.53. The Morgan fingerprint density at radius 3 is 2.81 bits per heavy atom. The number of nitrogens with zero attached hydrogens (tertiary/aromatic N) is 4. The zero-order valence-corrected chi connectivity index (χ0v) is 14.5. The minimum absolute atomic E-state index is 0.0989. The zero-order chi connectivity index (χ0) is 17.8. The molecule has 0 fully saturated rings. The third-order valence-electron chi connectivity index (χ3n) is 4.62. The van der Waals surface area contributed by atoms with E-state index in [2.05, 4.69) is 25.0 Å². The molecule has 0 bridgehead atoms. The molecule has 1 aromatic carbocycles. The Kier molecular flexibility index (Phi) is 4.79. The SMILES string of the molecule is O=C(NCc1nnc2n1CCN(Cc1ccoc1)CC2)c1ccccc1. The molecule has 0 aliphatic carbocycles. The highest BCUT2D eigenvalue weighted by molar-refractivity contribution is 5.93. The van der Waals surface area contributed by atoms with Gasteiger partial charge in [0.2, 0.25) is 0 Å². The third-order valence-corrected chi connectivity index (χ3v) is 4.62. The van der Waals surface area contributed by atoms with Gasteiger partial charge in [-0.15, -0.1) is 10.2 Å². The maximum atomic E-state index is 12.2. The van der Waals surface area contributed by atoms with E-state index in [0.717, 1.165) is 44.2 Å². The van der Waals surface area contributed by atoms with Crippen LogP contribution in [-0.4, -0.2) is 38.7 Å². The van der Waals surface area contributed by atoms with Gasteiger partial charge in [-0.25, -0.2) is 0 Å². The summed E-state index contributed by atoms with van der Waals surface area (Å²) in [4.78, 5) is 14.6. The van der Waals surface area contributed by atoms with Crippen LogP contribution in [0.5, 0.6) is 0 Å². The highest BCUT2D eigenvalue weighted by Gasteiger charge is 2.19. The molecule has 0 radical (unpaired) electrons. The van der Waals surface area contributed by atoms with E-state index >= 15 is 0 Å². The smallest absolute Gasteiger partial charge is 0.251 e. The Morgan fingerprint density at radius 1 is 1.12 bits per heavy atom. The first kappa shape index (κ1) is 16.5. The number of hydrogen-bond acceptors (Lipinski definition) is 5. The van der Waals surface area contributed by atoms with Crippen molar-refractivity contribution < 1.29 is 9.21 Å². The first-order valence-corrected chi connectivity index (χ1v) is 8.77. The van der Waals surface area contributed by atoms with Crippen LogP contribution in [0.4, 0.5) is 0 Å². The first-order chi connectivity index (χ1) is 12.8. The van der Waals surface area contributed by atoms with Crippen LogP contribution in [0, 0.1) is 0 Å². The number of nitrogens with one attached hydrogen (secondary N) is 1. The monoisotopic (exact) mass is 351 g/mol. The van der Waals surface area contributed by atoms with Crippen LogP contribution < -0.4 is 5.32 Å². The maximum Gasteiger partial charge on any atom is 0.251 e. The highest BCUT2D eigenvalue weighted by Crippen LogP contribution is 2.13. The van der Waals surface area contributed by atoms with E-state index in [4.69, 9.17) is 4.42 Å². The number of carbonyl (C=O) groups is 1. The zero-order valence-electron chi connectivity index (χ0n) is 14.5. The molecule has 1 N–H and O–H groups in total. The predicted molar refractivity (Wildman–Crippen MR) is 95.3 cm³/mol. The van der Waals surface area contributed by atoms with Gasteiger partial charge in [0, 0.05) is 43.7 Å². The number of hydrogen-bond donors (Lipinski definition) is 1. The number of benzene rings is 1. The maximum absolute atomic E-state index is 12.2. The van der Waals surface area contributed by atoms with Gasteiger partial charge < -0.3 is 14.3 Å². The van der Waals surface area contributed by atoms with E-state index in [-0.39, 0.29) is 5.91 Å². The molecule has 1 aliphatic rings. The van der Waals surface area contributed by atoms with Gasteiger partial charge in [-0.2, -0.15) is 0 Å². The van der Waals surface area contributed by atoms with Gasteiger partial charge in [0.15, 0.2) is 5.82 Å². The number of rotatable bonds is 5. The van der Waals surface area contributed by atoms with Crippen molar-refractivity contribution in [3.05, 3.63) is 71.7 Å². The second-order valence-corrected chi connectivity index (χ2v) is 6.39. The van der Waals surface area contributed by atoms with Crippen molar-refractivity contribution in [2.24, 2.45) is 0 Å². The van der Waals surface area contributed by atoms with Crippen molar-refractivity contribution >= 4 is 5.91 Å². The number of carbonyl (C=O) groups excluding carboxylic acids is 1. The topological polar surface area (TPSA) is 76.2 Å². The van der Waals surface area contributed by atoms with Gasteiger partial charge in [0.25, 0.3) is 5.91 Å². The molecule has 7 nitrogen and oxygen atoms in total. The molecule has 1 aliphatic heterocycles. The molecular weight excluding hydrogens is 330 g/mol. The average Bonchev–Trinajstić information content (AvgIpc) is 3.28. The molecule has 4 rings (SSSR count). The Balaban J connectivity index is 1.38. The van der Waals surface area contributed by atoms with Crippen LogP contribution in [0.15, 0.2) is 53.3 Å². The summed E-state index contributed by atoms with van der Waals surface area (Å²) in [5.74, 6) is 1.68. The fourth-order valence-corrected chi connectivity index (χ4v) is 3.21. The van der Waals surface area contributed by atoms with Gasteiger partial charge in [0.1, 0.15) is 5.82 Å². The predicted octanol–water partition coefficient (Wildman–Crippen LogP) is 1.86. The summed E-state index contributed by atoms with van der Waals surface area (Å²) in [6, 6.07) is 11.2. The molecule has 2 aromatic heterocycles. The summed E-state index contributed by atoms with van der Waals surface area (Å²) in [5.41, 5.74) is 1.83. The fourth-order valence-electron chi connectivity index (χ4n) is 3.21. The van der Waals surface area contributed by atoms with Crippen LogP contribution in [0.2, 0.25) is 0 Å². The normalized spacial score (nSPS) is 14.6. The van der Waals surface area contributed by atoms with E-state index in [1.54, 1.807) is 24.7 Å². The van der Waals surface area contributed by atoms with Crippen molar-refractivity contribution in [1.82, 2.24) is 25.0 Å². The molecule has 3 aromatic rings. The Hall–Kier alpha value is -2.93. The summed E-state index contributed by atoms with van der Waals surface area (Å²) in [6.45, 7) is 3.91. The molecule has 26 heavy (non-hydrogen) atoms. The van der Waals surface area contributed by atoms with E-state index in [0.29, 0.717) is 12.1 Å². The van der Waals surface area contributed by atoms with Crippen LogP contribution in [0.25, 0.3) is 0 Å². The highest BCUT2D eigenvalue weighted by atomic mass is 16.3. The lowest BCUT2D eigenvalue weighted by atomic mass is 10.2. The largest absolute Gasteiger partial charge is 0.472 e. The van der Waals surface area contributed by atoms with Crippen LogP contribution in [-0.2, 0) is 26.1 Å². The van der Waals surface area contributed by atoms with E-state index in [1.807, 2.05) is 24.3 Å². The van der Waals surface area contributed by atoms with Gasteiger partial charge in [-0.05, 0) is 18.2 Å². The Labute approximate surface area is 151 Å². The number of furan rings is 1. The summed E-state index contributed by atoms with van der Waals surface area (Å²) in [7, 11) is 0. The van der Waals surface area contributed by atoms with E-state index in [1.165, 1.54) is 5.56 Å².